The van der Waals surface area contributed by atoms with Crippen LogP contribution in [0.1, 0.15) is 47.8 Å². The van der Waals surface area contributed by atoms with Crippen LogP contribution in [0.3, 0.4) is 0 Å². The third-order valence-electron chi connectivity index (χ3n) is 3.52. The van der Waals surface area contributed by atoms with Gasteiger partial charge in [-0.2, -0.15) is 31.6 Å². The molecule has 0 atom stereocenters. The van der Waals surface area contributed by atoms with Crippen LogP contribution in [0.25, 0.3) is 0 Å². The smallest absolute Gasteiger partial charge is 0.417 e. The minimum absolute atomic E-state index is 0.229. The van der Waals surface area contributed by atoms with Crippen LogP contribution >= 0.6 is 0 Å². The second kappa shape index (κ2) is 9.16. The number of benzene rings is 2. The molecule has 7 nitrogen and oxygen atoms in total. The van der Waals surface area contributed by atoms with Gasteiger partial charge in [-0.3, -0.25) is 4.79 Å². The van der Waals surface area contributed by atoms with Crippen molar-refractivity contribution in [3.8, 4) is 6.07 Å². The summed E-state index contributed by atoms with van der Waals surface area (Å²) in [6.07, 6.45) is -9.63. The molecule has 0 spiro atoms. The number of rotatable bonds is 3. The Morgan fingerprint density at radius 3 is 1.58 bits per heavy atom. The van der Waals surface area contributed by atoms with Crippen LogP contribution in [0.4, 0.5) is 26.3 Å². The molecule has 1 amide bonds. The van der Waals surface area contributed by atoms with E-state index in [1.54, 1.807) is 0 Å². The average Bonchev–Trinajstić information content (AvgIpc) is 2.65. The van der Waals surface area contributed by atoms with Crippen molar-refractivity contribution in [3.05, 3.63) is 69.8 Å². The Kier molecular flexibility index (Phi) is 7.37. The maximum absolute atomic E-state index is 12.4. The lowest BCUT2D eigenvalue weighted by molar-refractivity contribution is -0.138. The fourth-order valence-electron chi connectivity index (χ4n) is 2.15. The zero-order chi connectivity index (χ0) is 24.1. The summed E-state index contributed by atoms with van der Waals surface area (Å²) in [5.41, 5.74) is -0.304. The number of hydrogen-bond donors (Lipinski definition) is 3. The molecule has 13 heteroatoms. The summed E-state index contributed by atoms with van der Waals surface area (Å²) in [6.45, 7) is 0. The highest BCUT2D eigenvalue weighted by molar-refractivity contribution is 5.96. The Labute approximate surface area is 168 Å². The number of nitrogens with two attached hydrogens (primary N) is 1. The van der Waals surface area contributed by atoms with E-state index >= 15 is 0 Å². The van der Waals surface area contributed by atoms with E-state index in [0.717, 1.165) is 18.2 Å². The molecule has 4 N–H and O–H groups in total. The van der Waals surface area contributed by atoms with E-state index in [2.05, 4.69) is 0 Å². The van der Waals surface area contributed by atoms with Crippen molar-refractivity contribution in [2.75, 3.05) is 0 Å². The summed E-state index contributed by atoms with van der Waals surface area (Å²) < 4.78 is 74.4. The number of primary amides is 1. The average molecular weight is 448 g/mol. The van der Waals surface area contributed by atoms with Gasteiger partial charge in [0.15, 0.2) is 0 Å². The highest BCUT2D eigenvalue weighted by Crippen LogP contribution is 2.33. The molecule has 2 aromatic rings. The van der Waals surface area contributed by atoms with Crippen molar-refractivity contribution in [1.82, 2.24) is 0 Å². The molecule has 0 saturated carbocycles. The number of carboxylic acid groups (broad SMARTS) is 2. The van der Waals surface area contributed by atoms with Gasteiger partial charge in [0.25, 0.3) is 0 Å². The lowest BCUT2D eigenvalue weighted by Crippen LogP contribution is -2.17. The molecule has 0 bridgehead atoms. The second-order valence-corrected chi connectivity index (χ2v) is 5.60. The van der Waals surface area contributed by atoms with Gasteiger partial charge in [-0.15, -0.1) is 0 Å². The lowest BCUT2D eigenvalue weighted by Gasteiger charge is -2.10. The number of nitriles is 1. The normalized spacial score (nSPS) is 11.0. The SMILES string of the molecule is N#Cc1ccc(C(=O)O)c(C(F)(F)F)c1.NC(=O)c1ccc(C(=O)O)c(C(F)(F)F)c1. The summed E-state index contributed by atoms with van der Waals surface area (Å²) in [5.74, 6) is -4.45. The van der Waals surface area contributed by atoms with Gasteiger partial charge in [0, 0.05) is 5.56 Å². The summed E-state index contributed by atoms with van der Waals surface area (Å²) in [4.78, 5) is 31.7. The first-order chi connectivity index (χ1) is 14.1. The number of aromatic carboxylic acids is 2. The Bertz CT molecular complexity index is 1070. The van der Waals surface area contributed by atoms with Crippen molar-refractivity contribution >= 4 is 17.8 Å². The summed E-state index contributed by atoms with van der Waals surface area (Å²) >= 11 is 0. The third-order valence-corrected chi connectivity index (χ3v) is 3.52. The minimum atomic E-state index is -4.85. The predicted octanol–water partition coefficient (Wildman–Crippen LogP) is 3.78. The minimum Gasteiger partial charge on any atom is -0.478 e. The molecule has 0 aliphatic heterocycles. The molecular weight excluding hydrogens is 438 g/mol. The Morgan fingerprint density at radius 2 is 1.23 bits per heavy atom. The molecule has 0 fully saturated rings. The van der Waals surface area contributed by atoms with E-state index in [9.17, 15) is 40.7 Å². The molecule has 0 aliphatic carbocycles. The standard InChI is InChI=1S/C9H6F3NO3.C9H4F3NO2/c10-9(11,12)6-3-4(7(13)14)1-2-5(6)8(15)16;10-9(11,12)7-3-5(4-13)1-2-6(7)8(14)15/h1-3H,(H2,13,14)(H,15,16);1-3H,(H,14,15). The number of carboxylic acids is 2. The van der Waals surface area contributed by atoms with E-state index in [0.29, 0.717) is 18.2 Å². The van der Waals surface area contributed by atoms with Gasteiger partial charge in [-0.1, -0.05) is 0 Å². The molecule has 0 radical (unpaired) electrons. The lowest BCUT2D eigenvalue weighted by atomic mass is 10.0. The van der Waals surface area contributed by atoms with Crippen LogP contribution < -0.4 is 5.73 Å². The molecule has 31 heavy (non-hydrogen) atoms. The van der Waals surface area contributed by atoms with Crippen molar-refractivity contribution in [2.24, 2.45) is 5.73 Å². The van der Waals surface area contributed by atoms with E-state index in [1.807, 2.05) is 0 Å². The zero-order valence-corrected chi connectivity index (χ0v) is 14.9. The van der Waals surface area contributed by atoms with Crippen LogP contribution in [0.15, 0.2) is 36.4 Å². The fraction of sp³-hybridized carbons (Fsp3) is 0.111. The molecule has 0 aromatic heterocycles. The zero-order valence-electron chi connectivity index (χ0n) is 14.9. The summed E-state index contributed by atoms with van der Waals surface area (Å²) in [6, 6.07) is 5.88. The number of hydrogen-bond acceptors (Lipinski definition) is 4. The molecule has 0 aliphatic rings. The van der Waals surface area contributed by atoms with Crippen LogP contribution in [0.2, 0.25) is 0 Å². The van der Waals surface area contributed by atoms with Gasteiger partial charge in [-0.25, -0.2) is 9.59 Å². The number of halogens is 6. The van der Waals surface area contributed by atoms with Crippen molar-refractivity contribution < 1.29 is 50.9 Å². The maximum Gasteiger partial charge on any atom is 0.417 e. The fourth-order valence-corrected chi connectivity index (χ4v) is 2.15. The molecule has 0 heterocycles. The molecule has 2 rings (SSSR count). The van der Waals surface area contributed by atoms with Gasteiger partial charge >= 0.3 is 24.3 Å². The highest BCUT2D eigenvalue weighted by atomic mass is 19.4. The van der Waals surface area contributed by atoms with Gasteiger partial charge in [-0.05, 0) is 36.4 Å². The van der Waals surface area contributed by atoms with E-state index in [1.165, 1.54) is 6.07 Å². The largest absolute Gasteiger partial charge is 0.478 e. The van der Waals surface area contributed by atoms with Gasteiger partial charge in [0.05, 0.1) is 33.9 Å². The third kappa shape index (κ3) is 6.46. The van der Waals surface area contributed by atoms with Crippen LogP contribution in [-0.4, -0.2) is 28.1 Å². The highest BCUT2D eigenvalue weighted by Gasteiger charge is 2.36. The number of nitrogens with zero attached hydrogens (tertiary/aromatic N) is 1. The number of amides is 1. The van der Waals surface area contributed by atoms with Gasteiger partial charge in [0.1, 0.15) is 0 Å². The maximum atomic E-state index is 12.4. The van der Waals surface area contributed by atoms with Crippen LogP contribution in [0, 0.1) is 11.3 Å². The molecule has 164 valence electrons. The predicted molar refractivity (Wildman–Crippen MR) is 90.0 cm³/mol. The molecule has 2 aromatic carbocycles. The Balaban J connectivity index is 0.000000311. The summed E-state index contributed by atoms with van der Waals surface area (Å²) in [7, 11) is 0. The topological polar surface area (TPSA) is 141 Å². The molecule has 0 saturated heterocycles. The first-order valence-corrected chi connectivity index (χ1v) is 7.68. The first kappa shape index (κ1) is 25.0. The van der Waals surface area contributed by atoms with E-state index in [4.69, 9.17) is 21.2 Å². The number of carbonyl (C=O) groups excluding carboxylic acids is 1. The van der Waals surface area contributed by atoms with E-state index < -0.39 is 58.0 Å². The number of alkyl halides is 6. The van der Waals surface area contributed by atoms with Crippen molar-refractivity contribution in [2.45, 2.75) is 12.4 Å². The molecular formula is C18H10F6N2O5. The van der Waals surface area contributed by atoms with Gasteiger partial charge in [0.2, 0.25) is 5.91 Å². The quantitative estimate of drug-likeness (QED) is 0.611. The Morgan fingerprint density at radius 1 is 0.806 bits per heavy atom. The summed E-state index contributed by atoms with van der Waals surface area (Å²) in [5, 5.41) is 25.4. The second-order valence-electron chi connectivity index (χ2n) is 5.60. The monoisotopic (exact) mass is 448 g/mol. The van der Waals surface area contributed by atoms with Crippen molar-refractivity contribution in [3.63, 3.8) is 0 Å². The first-order valence-electron chi connectivity index (χ1n) is 7.68. The van der Waals surface area contributed by atoms with Crippen LogP contribution in [-0.2, 0) is 12.4 Å². The Hall–Kier alpha value is -4.08. The van der Waals surface area contributed by atoms with Crippen LogP contribution in [0.5, 0.6) is 0 Å². The van der Waals surface area contributed by atoms with Crippen molar-refractivity contribution in [1.29, 1.82) is 5.26 Å². The molecule has 0 unspecified atom stereocenters. The number of carbonyl (C=O) groups is 3. The van der Waals surface area contributed by atoms with Gasteiger partial charge < -0.3 is 15.9 Å². The van der Waals surface area contributed by atoms with E-state index in [-0.39, 0.29) is 5.56 Å².